The van der Waals surface area contributed by atoms with Crippen LogP contribution in [0, 0.1) is 35.3 Å². The number of carbonyl (C=O) groups excluding carboxylic acids is 5. The number of rotatable bonds is 15. The molecule has 6 aliphatic heterocycles. The van der Waals surface area contributed by atoms with Gasteiger partial charge in [0.25, 0.3) is 0 Å². The Morgan fingerprint density at radius 1 is 0.589 bits per heavy atom. The highest BCUT2D eigenvalue weighted by Gasteiger charge is 2.72. The quantitative estimate of drug-likeness (QED) is 0.0612. The fourth-order valence-electron chi connectivity index (χ4n) is 15.1. The molecule has 0 bridgehead atoms. The second kappa shape index (κ2) is 25.4. The molecule has 472 valence electrons. The summed E-state index contributed by atoms with van der Waals surface area (Å²) in [7, 11) is 0. The molecule has 4 amide bonds. The van der Waals surface area contributed by atoms with Crippen LogP contribution in [-0.2, 0) is 44.6 Å². The molecule has 90 heavy (non-hydrogen) atoms. The van der Waals surface area contributed by atoms with Crippen molar-refractivity contribution in [3.63, 3.8) is 0 Å². The molecule has 8 atom stereocenters. The van der Waals surface area contributed by atoms with Crippen LogP contribution in [0.5, 0.6) is 0 Å². The fraction of sp³-hybridized carbons (Fsp3) is 0.382. The molecule has 4 saturated heterocycles. The number of esters is 1. The van der Waals surface area contributed by atoms with E-state index < -0.39 is 52.4 Å². The van der Waals surface area contributed by atoms with Gasteiger partial charge in [0.05, 0.1) is 28.5 Å². The molecule has 8 aliphatic rings. The number of likely N-dealkylation sites (tertiary alicyclic amines) is 2. The summed E-state index contributed by atoms with van der Waals surface area (Å²) in [5.74, 6) is -5.90. The number of halogens is 6. The summed E-state index contributed by atoms with van der Waals surface area (Å²) in [6.45, 7) is 3.95. The number of fused-ring (bicyclic) bond motifs is 6. The SMILES string of the molecule is C.C.CCOC(=O)CNc1ccc(N2CC[C@H]3[C@@H](C2=O)[C@H](c2cccc(Cl)c2F)[C@]2(C(=O)Nc4cc(Cl)ccc42)N3CC2CC2)cc1.O=C(O)CNc1ccc(N2CC[C@H]3[C@@H](C2=O)[C@H](c2cccc(Cl)c2F)[C@]2(C(=O)Nc4cc(Cl)ccc42)N3CC2CC2)cc1. The number of hydrogen-bond acceptors (Lipinski definition) is 11. The minimum absolute atomic E-state index is 0. The van der Waals surface area contributed by atoms with Gasteiger partial charge in [-0.25, -0.2) is 8.78 Å². The van der Waals surface area contributed by atoms with E-state index >= 15 is 8.78 Å². The third-order valence-electron chi connectivity index (χ3n) is 19.0. The first kappa shape index (κ1) is 64.2. The van der Waals surface area contributed by atoms with Crippen molar-refractivity contribution in [2.24, 2.45) is 23.7 Å². The highest BCUT2D eigenvalue weighted by molar-refractivity contribution is 6.32. The molecule has 6 fully saturated rings. The van der Waals surface area contributed by atoms with E-state index in [-0.39, 0.29) is 90.8 Å². The number of anilines is 6. The van der Waals surface area contributed by atoms with Crippen molar-refractivity contribution in [2.75, 3.05) is 76.9 Å². The Labute approximate surface area is 541 Å². The van der Waals surface area contributed by atoms with Crippen LogP contribution in [0.3, 0.4) is 0 Å². The van der Waals surface area contributed by atoms with Gasteiger partial charge < -0.3 is 40.9 Å². The van der Waals surface area contributed by atoms with Gasteiger partial charge in [0.15, 0.2) is 0 Å². The summed E-state index contributed by atoms with van der Waals surface area (Å²) in [5, 5.41) is 21.7. The zero-order valence-electron chi connectivity index (χ0n) is 47.7. The molecule has 14 rings (SSSR count). The van der Waals surface area contributed by atoms with E-state index in [9.17, 15) is 28.8 Å². The lowest BCUT2D eigenvalue weighted by molar-refractivity contribution is -0.141. The average molecular weight is 1310 g/mol. The number of nitrogens with one attached hydrogen (secondary N) is 4. The predicted molar refractivity (Wildman–Crippen MR) is 347 cm³/mol. The average Bonchev–Trinajstić information content (AvgIpc) is 1.52. The van der Waals surface area contributed by atoms with Gasteiger partial charge in [0.2, 0.25) is 23.6 Å². The Kier molecular flexibility index (Phi) is 18.1. The van der Waals surface area contributed by atoms with E-state index in [0.29, 0.717) is 113 Å². The van der Waals surface area contributed by atoms with E-state index in [2.05, 4.69) is 31.1 Å². The van der Waals surface area contributed by atoms with Crippen molar-refractivity contribution in [3.05, 3.63) is 175 Å². The molecule has 2 spiro atoms. The molecule has 16 nitrogen and oxygen atoms in total. The molecule has 6 aromatic carbocycles. The second-order valence-electron chi connectivity index (χ2n) is 24.0. The van der Waals surface area contributed by atoms with Gasteiger partial charge in [0, 0.05) is 105 Å². The highest BCUT2D eigenvalue weighted by atomic mass is 35.5. The smallest absolute Gasteiger partial charge is 0.325 e. The van der Waals surface area contributed by atoms with Crippen molar-refractivity contribution >= 4 is 116 Å². The fourth-order valence-corrected chi connectivity index (χ4v) is 15.8. The number of carboxylic acids is 1. The number of hydrogen-bond donors (Lipinski definition) is 5. The molecule has 2 saturated carbocycles. The van der Waals surface area contributed by atoms with Crippen LogP contribution in [0.25, 0.3) is 0 Å². The Hall–Kier alpha value is -7.32. The highest BCUT2D eigenvalue weighted by Crippen LogP contribution is 2.64. The molecule has 2 aliphatic carbocycles. The van der Waals surface area contributed by atoms with Crippen LogP contribution in [0.1, 0.15) is 94.4 Å². The van der Waals surface area contributed by atoms with Gasteiger partial charge in [-0.15, -0.1) is 0 Å². The third kappa shape index (κ3) is 11.0. The number of ether oxygens (including phenoxy) is 1. The first-order valence-corrected chi connectivity index (χ1v) is 31.3. The Morgan fingerprint density at radius 3 is 1.39 bits per heavy atom. The van der Waals surface area contributed by atoms with Crippen molar-refractivity contribution in [1.29, 1.82) is 0 Å². The van der Waals surface area contributed by atoms with Gasteiger partial charge in [-0.2, -0.15) is 0 Å². The maximum absolute atomic E-state index is 16.1. The lowest BCUT2D eigenvalue weighted by atomic mass is 9.70. The summed E-state index contributed by atoms with van der Waals surface area (Å²) in [6, 6.07) is 33.8. The number of carbonyl (C=O) groups is 6. The van der Waals surface area contributed by atoms with Gasteiger partial charge in [-0.1, -0.05) is 97.7 Å². The Bertz CT molecular complexity index is 3820. The molecule has 5 N–H and O–H groups in total. The van der Waals surface area contributed by atoms with Gasteiger partial charge >= 0.3 is 11.9 Å². The normalized spacial score (nSPS) is 25.5. The molecule has 0 unspecified atom stereocenters. The number of benzene rings is 6. The summed E-state index contributed by atoms with van der Waals surface area (Å²) < 4.78 is 37.2. The first-order valence-electron chi connectivity index (χ1n) is 29.8. The van der Waals surface area contributed by atoms with Crippen LogP contribution in [0.4, 0.5) is 42.9 Å². The number of nitrogens with zero attached hydrogens (tertiary/aromatic N) is 4. The molecule has 6 aromatic rings. The minimum Gasteiger partial charge on any atom is -0.480 e. The van der Waals surface area contributed by atoms with E-state index in [1.54, 1.807) is 89.5 Å². The maximum atomic E-state index is 16.1. The van der Waals surface area contributed by atoms with Crippen LogP contribution in [0.15, 0.2) is 121 Å². The molecule has 6 heterocycles. The first-order chi connectivity index (χ1) is 42.4. The number of piperidine rings is 2. The maximum Gasteiger partial charge on any atom is 0.325 e. The molecule has 0 radical (unpaired) electrons. The van der Waals surface area contributed by atoms with Crippen LogP contribution in [-0.4, -0.2) is 108 Å². The largest absolute Gasteiger partial charge is 0.480 e. The van der Waals surface area contributed by atoms with E-state index in [0.717, 1.165) is 25.7 Å². The molecular formula is C68H70Cl4F2N8O8. The number of amides is 4. The topological polar surface area (TPSA) is 193 Å². The van der Waals surface area contributed by atoms with Crippen LogP contribution >= 0.6 is 46.4 Å². The van der Waals surface area contributed by atoms with Crippen molar-refractivity contribution in [1.82, 2.24) is 9.80 Å². The third-order valence-corrected chi connectivity index (χ3v) is 20.1. The van der Waals surface area contributed by atoms with Crippen LogP contribution in [0.2, 0.25) is 20.1 Å². The number of aliphatic carboxylic acids is 1. The van der Waals surface area contributed by atoms with Crippen molar-refractivity contribution in [2.45, 2.75) is 95.3 Å². The predicted octanol–water partition coefficient (Wildman–Crippen LogP) is 13.2. The van der Waals surface area contributed by atoms with Crippen molar-refractivity contribution < 1.29 is 47.4 Å². The van der Waals surface area contributed by atoms with Crippen LogP contribution < -0.4 is 31.1 Å². The second-order valence-corrected chi connectivity index (χ2v) is 25.7. The lowest BCUT2D eigenvalue weighted by Gasteiger charge is -2.40. The van der Waals surface area contributed by atoms with E-state index in [1.807, 2.05) is 36.4 Å². The van der Waals surface area contributed by atoms with E-state index in [1.165, 1.54) is 12.1 Å². The zero-order chi connectivity index (χ0) is 61.5. The number of carboxylic acid groups (broad SMARTS) is 1. The molecule has 0 aromatic heterocycles. The summed E-state index contributed by atoms with van der Waals surface area (Å²) in [6.07, 6.45) is 5.36. The van der Waals surface area contributed by atoms with Gasteiger partial charge in [-0.3, -0.25) is 38.6 Å². The van der Waals surface area contributed by atoms with Gasteiger partial charge in [-0.05, 0) is 153 Å². The zero-order valence-corrected chi connectivity index (χ0v) is 50.7. The monoisotopic (exact) mass is 1300 g/mol. The summed E-state index contributed by atoms with van der Waals surface area (Å²) in [5.41, 5.74) is 3.02. The summed E-state index contributed by atoms with van der Waals surface area (Å²) in [4.78, 5) is 88.7. The molecule has 22 heteroatoms. The Morgan fingerprint density at radius 2 is 1.00 bits per heavy atom. The summed E-state index contributed by atoms with van der Waals surface area (Å²) >= 11 is 25.4. The minimum atomic E-state index is -1.33. The van der Waals surface area contributed by atoms with Gasteiger partial charge in [0.1, 0.15) is 35.8 Å². The standard InChI is InChI=1S/C34H33Cl2FN4O4.C32H29Cl2FN4O4.2CH4/c1-2-45-28(42)17-38-21-9-11-22(12-10-21)40-15-14-27-29(32(40)43)30(23-4-3-5-25(36)31(23)37)34(41(27)18-19-6-7-19)24-13-8-20(35)16-26(24)39-33(34)44;33-18-6-11-22-24(14-18)37-31(43)32(22)28(21-2-1-3-23(34)29(21)35)27-25(39(32)16-17-4-5-17)12-13-38(30(27)42)20-9-7-19(8-10-20)36-15-26(40)41;;/h3-5,8-13,16,19,27,29-30,38H,2,6-7,14-15,17-18H2,1H3,(H,39,44);1-3,6-11,14,17,25,27-28,36H,4-5,12-13,15-16H2,(H,37,43)(H,40,41);2*1H4/t27-,29+,30-,34+;25-,27+,28-,32+;;/m00../s1. The van der Waals surface area contributed by atoms with Crippen molar-refractivity contribution in [3.8, 4) is 0 Å². The molecular weight excluding hydrogens is 1240 g/mol. The lowest BCUT2D eigenvalue weighted by Crippen LogP contribution is -2.54. The Balaban J connectivity index is 0.000000181. The van der Waals surface area contributed by atoms with E-state index in [4.69, 9.17) is 56.2 Å².